The molecule has 0 saturated carbocycles. The number of esters is 1. The molecule has 5 nitrogen and oxygen atoms in total. The summed E-state index contributed by atoms with van der Waals surface area (Å²) in [4.78, 5) is 16.1. The first-order valence-corrected chi connectivity index (χ1v) is 7.27. The molecule has 0 amide bonds. The lowest BCUT2D eigenvalue weighted by atomic mass is 10.1. The van der Waals surface area contributed by atoms with Gasteiger partial charge in [-0.3, -0.25) is 0 Å². The van der Waals surface area contributed by atoms with Gasteiger partial charge in [-0.15, -0.1) is 0 Å². The van der Waals surface area contributed by atoms with Gasteiger partial charge in [0.15, 0.2) is 29.5 Å². The maximum Gasteiger partial charge on any atom is 0.361 e. The van der Waals surface area contributed by atoms with Crippen LogP contribution in [0.25, 0.3) is 0 Å². The lowest BCUT2D eigenvalue weighted by molar-refractivity contribution is 0.0315. The van der Waals surface area contributed by atoms with Gasteiger partial charge in [-0.25, -0.2) is 18.6 Å². The summed E-state index contributed by atoms with van der Waals surface area (Å²) in [5, 5.41) is 0. The SMILES string of the molecule is C[C@@H](OC(=O)c1ncoc1[C@@H]1CCCO1)c1ccc(F)c(F)c1. The van der Waals surface area contributed by atoms with Crippen LogP contribution >= 0.6 is 0 Å². The Hall–Kier alpha value is -2.28. The summed E-state index contributed by atoms with van der Waals surface area (Å²) in [6.45, 7) is 2.17. The zero-order chi connectivity index (χ0) is 16.4. The summed E-state index contributed by atoms with van der Waals surface area (Å²) < 4.78 is 42.2. The predicted molar refractivity (Wildman–Crippen MR) is 74.6 cm³/mol. The monoisotopic (exact) mass is 323 g/mol. The standard InChI is InChI=1S/C16H15F2NO4/c1-9(10-4-5-11(17)12(18)7-10)23-16(20)14-15(22-8-19-14)13-3-2-6-21-13/h4-5,7-9,13H,2-3,6H2,1H3/t9-,13+/m1/s1. The minimum atomic E-state index is -0.994. The number of oxazole rings is 1. The van der Waals surface area contributed by atoms with Gasteiger partial charge in [-0.1, -0.05) is 6.07 Å². The van der Waals surface area contributed by atoms with Crippen LogP contribution < -0.4 is 0 Å². The van der Waals surface area contributed by atoms with Crippen LogP contribution in [-0.2, 0) is 9.47 Å². The van der Waals surface area contributed by atoms with Crippen LogP contribution in [0.2, 0.25) is 0 Å². The molecule has 2 aromatic rings. The molecule has 0 bridgehead atoms. The number of ether oxygens (including phenoxy) is 2. The average Bonchev–Trinajstić information content (AvgIpc) is 3.19. The first-order valence-electron chi connectivity index (χ1n) is 7.27. The van der Waals surface area contributed by atoms with Crippen LogP contribution in [-0.4, -0.2) is 17.6 Å². The molecule has 1 aliphatic rings. The molecule has 0 aliphatic carbocycles. The van der Waals surface area contributed by atoms with Gasteiger partial charge in [0, 0.05) is 6.61 Å². The highest BCUT2D eigenvalue weighted by molar-refractivity contribution is 5.88. The molecule has 1 aromatic carbocycles. The number of hydrogen-bond donors (Lipinski definition) is 0. The van der Waals surface area contributed by atoms with E-state index in [2.05, 4.69) is 4.98 Å². The Bertz CT molecular complexity index is 710. The Balaban J connectivity index is 1.74. The predicted octanol–water partition coefficient (Wildman–Crippen LogP) is 3.72. The number of benzene rings is 1. The molecule has 122 valence electrons. The molecule has 1 aromatic heterocycles. The zero-order valence-electron chi connectivity index (χ0n) is 12.4. The summed E-state index contributed by atoms with van der Waals surface area (Å²) in [6.07, 6.45) is 1.72. The largest absolute Gasteiger partial charge is 0.453 e. The van der Waals surface area contributed by atoms with Crippen molar-refractivity contribution in [3.63, 3.8) is 0 Å². The highest BCUT2D eigenvalue weighted by Crippen LogP contribution is 2.31. The Morgan fingerprint density at radius 3 is 2.91 bits per heavy atom. The van der Waals surface area contributed by atoms with Gasteiger partial charge < -0.3 is 13.9 Å². The third kappa shape index (κ3) is 3.24. The van der Waals surface area contributed by atoms with Gasteiger partial charge >= 0.3 is 5.97 Å². The smallest absolute Gasteiger partial charge is 0.361 e. The van der Waals surface area contributed by atoms with E-state index in [-0.39, 0.29) is 11.8 Å². The normalized spacial score (nSPS) is 18.8. The molecule has 3 rings (SSSR count). The molecule has 2 atom stereocenters. The molecule has 0 radical (unpaired) electrons. The van der Waals surface area contributed by atoms with E-state index >= 15 is 0 Å². The number of rotatable bonds is 4. The number of aromatic nitrogens is 1. The average molecular weight is 323 g/mol. The number of halogens is 2. The molecule has 1 aliphatic heterocycles. The number of carbonyl (C=O) groups excluding carboxylic acids is 1. The molecular formula is C16H15F2NO4. The molecule has 1 saturated heterocycles. The highest BCUT2D eigenvalue weighted by Gasteiger charge is 2.29. The van der Waals surface area contributed by atoms with Crippen LogP contribution in [0, 0.1) is 11.6 Å². The van der Waals surface area contributed by atoms with Crippen LogP contribution in [0.1, 0.15) is 53.8 Å². The van der Waals surface area contributed by atoms with Crippen molar-refractivity contribution in [2.75, 3.05) is 6.61 Å². The Labute approximate surface area is 131 Å². The van der Waals surface area contributed by atoms with Crippen LogP contribution in [0.15, 0.2) is 29.0 Å². The van der Waals surface area contributed by atoms with Crippen LogP contribution in [0.5, 0.6) is 0 Å². The molecule has 0 N–H and O–H groups in total. The van der Waals surface area contributed by atoms with Crippen molar-refractivity contribution in [1.29, 1.82) is 0 Å². The molecular weight excluding hydrogens is 308 g/mol. The van der Waals surface area contributed by atoms with Crippen molar-refractivity contribution < 1.29 is 27.5 Å². The van der Waals surface area contributed by atoms with Gasteiger partial charge in [0.05, 0.1) is 0 Å². The highest BCUT2D eigenvalue weighted by atomic mass is 19.2. The van der Waals surface area contributed by atoms with Gasteiger partial charge in [0.25, 0.3) is 0 Å². The maximum absolute atomic E-state index is 13.3. The number of hydrogen-bond acceptors (Lipinski definition) is 5. The van der Waals surface area contributed by atoms with E-state index in [1.807, 2.05) is 0 Å². The topological polar surface area (TPSA) is 61.6 Å². The third-order valence-corrected chi connectivity index (χ3v) is 3.71. The lowest BCUT2D eigenvalue weighted by Crippen LogP contribution is -2.13. The minimum Gasteiger partial charge on any atom is -0.453 e. The van der Waals surface area contributed by atoms with Gasteiger partial charge in [-0.2, -0.15) is 0 Å². The molecule has 0 spiro atoms. The van der Waals surface area contributed by atoms with E-state index < -0.39 is 23.7 Å². The second-order valence-electron chi connectivity index (χ2n) is 5.29. The summed E-state index contributed by atoms with van der Waals surface area (Å²) in [6, 6.07) is 3.35. The van der Waals surface area contributed by atoms with Gasteiger partial charge in [0.2, 0.25) is 0 Å². The Kier molecular flexibility index (Phi) is 4.38. The minimum absolute atomic E-state index is 0.0475. The van der Waals surface area contributed by atoms with Gasteiger partial charge in [0.1, 0.15) is 12.2 Å². The van der Waals surface area contributed by atoms with Crippen molar-refractivity contribution >= 4 is 5.97 Å². The fraction of sp³-hybridized carbons (Fsp3) is 0.375. The summed E-state index contributed by atoms with van der Waals surface area (Å²) >= 11 is 0. The lowest BCUT2D eigenvalue weighted by Gasteiger charge is -2.14. The second-order valence-corrected chi connectivity index (χ2v) is 5.29. The van der Waals surface area contributed by atoms with Gasteiger partial charge in [-0.05, 0) is 37.5 Å². The van der Waals surface area contributed by atoms with E-state index in [4.69, 9.17) is 13.9 Å². The van der Waals surface area contributed by atoms with Crippen molar-refractivity contribution in [3.05, 3.63) is 53.2 Å². The van der Waals surface area contributed by atoms with E-state index in [0.717, 1.165) is 31.4 Å². The van der Waals surface area contributed by atoms with E-state index in [1.54, 1.807) is 6.92 Å². The third-order valence-electron chi connectivity index (χ3n) is 3.71. The van der Waals surface area contributed by atoms with Crippen molar-refractivity contribution in [2.45, 2.75) is 32.0 Å². The maximum atomic E-state index is 13.3. The van der Waals surface area contributed by atoms with E-state index in [0.29, 0.717) is 17.9 Å². The summed E-state index contributed by atoms with van der Waals surface area (Å²) in [7, 11) is 0. The number of carbonyl (C=O) groups is 1. The molecule has 23 heavy (non-hydrogen) atoms. The van der Waals surface area contributed by atoms with Crippen molar-refractivity contribution in [2.24, 2.45) is 0 Å². The fourth-order valence-corrected chi connectivity index (χ4v) is 2.47. The molecule has 7 heteroatoms. The van der Waals surface area contributed by atoms with Crippen LogP contribution in [0.4, 0.5) is 8.78 Å². The molecule has 1 fully saturated rings. The first kappa shape index (κ1) is 15.6. The van der Waals surface area contributed by atoms with Crippen molar-refractivity contribution in [1.82, 2.24) is 4.98 Å². The Morgan fingerprint density at radius 1 is 1.39 bits per heavy atom. The summed E-state index contributed by atoms with van der Waals surface area (Å²) in [5.41, 5.74) is 0.394. The van der Waals surface area contributed by atoms with Crippen LogP contribution in [0.3, 0.4) is 0 Å². The summed E-state index contributed by atoms with van der Waals surface area (Å²) in [5.74, 6) is -2.30. The fourth-order valence-electron chi connectivity index (χ4n) is 2.47. The molecule has 2 heterocycles. The van der Waals surface area contributed by atoms with E-state index in [9.17, 15) is 13.6 Å². The zero-order valence-corrected chi connectivity index (χ0v) is 12.4. The van der Waals surface area contributed by atoms with E-state index in [1.165, 1.54) is 6.07 Å². The molecule has 0 unspecified atom stereocenters. The second kappa shape index (κ2) is 6.45. The first-order chi connectivity index (χ1) is 11.1. The van der Waals surface area contributed by atoms with Crippen molar-refractivity contribution in [3.8, 4) is 0 Å². The Morgan fingerprint density at radius 2 is 2.22 bits per heavy atom. The number of nitrogens with zero attached hydrogens (tertiary/aromatic N) is 1. The quantitative estimate of drug-likeness (QED) is 0.803.